The zero-order chi connectivity index (χ0) is 14.3. The molecule has 0 unspecified atom stereocenters. The third-order valence-corrected chi connectivity index (χ3v) is 3.24. The number of carboxylic acids is 1. The highest BCUT2D eigenvalue weighted by Crippen LogP contribution is 2.22. The van der Waals surface area contributed by atoms with Crippen molar-refractivity contribution < 1.29 is 19.0 Å². The van der Waals surface area contributed by atoms with E-state index in [1.54, 1.807) is 11.8 Å². The summed E-state index contributed by atoms with van der Waals surface area (Å²) < 4.78 is 18.7. The first-order valence-electron chi connectivity index (χ1n) is 5.94. The molecule has 104 valence electrons. The van der Waals surface area contributed by atoms with Crippen LogP contribution in [0.15, 0.2) is 24.3 Å². The maximum atomic E-state index is 13.1. The van der Waals surface area contributed by atoms with E-state index in [0.717, 1.165) is 11.8 Å². The maximum absolute atomic E-state index is 13.1. The number of aliphatic carboxylic acids is 1. The van der Waals surface area contributed by atoms with Crippen LogP contribution < -0.4 is 4.74 Å². The first-order chi connectivity index (χ1) is 8.99. The predicted molar refractivity (Wildman–Crippen MR) is 76.2 cm³/mol. The molecule has 0 heterocycles. The SMILES string of the molecule is CC(C)SCCOc1ccc(F)cc1/C=C/C(=O)O. The van der Waals surface area contributed by atoms with Crippen LogP contribution in [-0.4, -0.2) is 28.7 Å². The molecule has 1 aromatic rings. The van der Waals surface area contributed by atoms with Gasteiger partial charge >= 0.3 is 5.97 Å². The Morgan fingerprint density at radius 1 is 1.53 bits per heavy atom. The molecule has 3 nitrogen and oxygen atoms in total. The van der Waals surface area contributed by atoms with Gasteiger partial charge < -0.3 is 9.84 Å². The van der Waals surface area contributed by atoms with Gasteiger partial charge in [-0.3, -0.25) is 0 Å². The van der Waals surface area contributed by atoms with E-state index in [-0.39, 0.29) is 0 Å². The van der Waals surface area contributed by atoms with E-state index in [1.165, 1.54) is 24.3 Å². The van der Waals surface area contributed by atoms with E-state index in [0.29, 0.717) is 23.2 Å². The second kappa shape index (κ2) is 7.84. The summed E-state index contributed by atoms with van der Waals surface area (Å²) in [4.78, 5) is 10.5. The Hall–Kier alpha value is -1.49. The van der Waals surface area contributed by atoms with Gasteiger partial charge in [0.05, 0.1) is 6.61 Å². The Bertz CT molecular complexity index is 458. The second-order valence-electron chi connectivity index (χ2n) is 4.12. The number of hydrogen-bond acceptors (Lipinski definition) is 3. The lowest BCUT2D eigenvalue weighted by Crippen LogP contribution is -2.04. The number of rotatable bonds is 7. The molecule has 0 saturated carbocycles. The standard InChI is InChI=1S/C14H17FO3S/c1-10(2)19-8-7-18-13-5-4-12(15)9-11(13)3-6-14(16)17/h3-6,9-10H,7-8H2,1-2H3,(H,16,17)/b6-3+. The quantitative estimate of drug-likeness (QED) is 0.615. The number of benzene rings is 1. The van der Waals surface area contributed by atoms with Crippen LogP contribution in [-0.2, 0) is 4.79 Å². The molecule has 0 aliphatic carbocycles. The summed E-state index contributed by atoms with van der Waals surface area (Å²) >= 11 is 1.77. The molecule has 0 radical (unpaired) electrons. The molecule has 0 fully saturated rings. The van der Waals surface area contributed by atoms with Crippen molar-refractivity contribution in [2.24, 2.45) is 0 Å². The number of halogens is 1. The Labute approximate surface area is 116 Å². The molecule has 19 heavy (non-hydrogen) atoms. The topological polar surface area (TPSA) is 46.5 Å². The molecular formula is C14H17FO3S. The molecule has 0 amide bonds. The predicted octanol–water partition coefficient (Wildman–Crippen LogP) is 3.44. The van der Waals surface area contributed by atoms with Gasteiger partial charge in [-0.2, -0.15) is 11.8 Å². The number of carbonyl (C=O) groups is 1. The van der Waals surface area contributed by atoms with Crippen LogP contribution in [0.5, 0.6) is 5.75 Å². The van der Waals surface area contributed by atoms with E-state index >= 15 is 0 Å². The van der Waals surface area contributed by atoms with Gasteiger partial charge in [0.25, 0.3) is 0 Å². The van der Waals surface area contributed by atoms with Crippen molar-refractivity contribution in [2.75, 3.05) is 12.4 Å². The van der Waals surface area contributed by atoms with E-state index in [4.69, 9.17) is 9.84 Å². The van der Waals surface area contributed by atoms with Gasteiger partial charge in [0, 0.05) is 17.4 Å². The van der Waals surface area contributed by atoms with Gasteiger partial charge in [-0.15, -0.1) is 0 Å². The highest BCUT2D eigenvalue weighted by atomic mass is 32.2. The van der Waals surface area contributed by atoms with E-state index < -0.39 is 11.8 Å². The number of carboxylic acid groups (broad SMARTS) is 1. The van der Waals surface area contributed by atoms with Crippen molar-refractivity contribution >= 4 is 23.8 Å². The monoisotopic (exact) mass is 284 g/mol. The van der Waals surface area contributed by atoms with Crippen LogP contribution in [0.25, 0.3) is 6.08 Å². The molecule has 0 saturated heterocycles. The van der Waals surface area contributed by atoms with Gasteiger partial charge in [0.15, 0.2) is 0 Å². The molecule has 0 aromatic heterocycles. The van der Waals surface area contributed by atoms with E-state index in [2.05, 4.69) is 13.8 Å². The fraction of sp³-hybridized carbons (Fsp3) is 0.357. The van der Waals surface area contributed by atoms with Crippen molar-refractivity contribution in [3.8, 4) is 5.75 Å². The minimum absolute atomic E-state index is 0.422. The first-order valence-corrected chi connectivity index (χ1v) is 6.99. The minimum Gasteiger partial charge on any atom is -0.492 e. The zero-order valence-electron chi connectivity index (χ0n) is 10.9. The fourth-order valence-corrected chi connectivity index (χ4v) is 2.03. The largest absolute Gasteiger partial charge is 0.492 e. The van der Waals surface area contributed by atoms with Gasteiger partial charge in [0.2, 0.25) is 0 Å². The van der Waals surface area contributed by atoms with Crippen molar-refractivity contribution in [2.45, 2.75) is 19.1 Å². The summed E-state index contributed by atoms with van der Waals surface area (Å²) in [5.74, 6) is -0.181. The molecule has 0 bridgehead atoms. The lowest BCUT2D eigenvalue weighted by Gasteiger charge is -2.10. The molecule has 0 aliphatic rings. The summed E-state index contributed by atoms with van der Waals surface area (Å²) in [5.41, 5.74) is 0.428. The molecule has 1 N–H and O–H groups in total. The van der Waals surface area contributed by atoms with Gasteiger partial charge in [0.1, 0.15) is 11.6 Å². The highest BCUT2D eigenvalue weighted by Gasteiger charge is 2.04. The average Bonchev–Trinajstić information content (AvgIpc) is 2.33. The Morgan fingerprint density at radius 3 is 2.89 bits per heavy atom. The lowest BCUT2D eigenvalue weighted by molar-refractivity contribution is -0.131. The van der Waals surface area contributed by atoms with Crippen molar-refractivity contribution in [1.29, 1.82) is 0 Å². The normalized spacial score (nSPS) is 11.2. The van der Waals surface area contributed by atoms with E-state index in [9.17, 15) is 9.18 Å². The Morgan fingerprint density at radius 2 is 2.26 bits per heavy atom. The van der Waals surface area contributed by atoms with Gasteiger partial charge in [-0.05, 0) is 29.5 Å². The first kappa shape index (κ1) is 15.6. The van der Waals surface area contributed by atoms with Crippen molar-refractivity contribution in [3.63, 3.8) is 0 Å². The molecule has 0 aliphatic heterocycles. The minimum atomic E-state index is -1.08. The highest BCUT2D eigenvalue weighted by molar-refractivity contribution is 7.99. The van der Waals surface area contributed by atoms with Crippen molar-refractivity contribution in [1.82, 2.24) is 0 Å². The van der Waals surface area contributed by atoms with Crippen LogP contribution in [0.1, 0.15) is 19.4 Å². The molecule has 1 rings (SSSR count). The number of ether oxygens (including phenoxy) is 1. The molecule has 5 heteroatoms. The number of hydrogen-bond donors (Lipinski definition) is 1. The Balaban J connectivity index is 2.68. The van der Waals surface area contributed by atoms with Gasteiger partial charge in [-0.1, -0.05) is 13.8 Å². The van der Waals surface area contributed by atoms with Gasteiger partial charge in [-0.25, -0.2) is 9.18 Å². The van der Waals surface area contributed by atoms with Crippen LogP contribution in [0.4, 0.5) is 4.39 Å². The summed E-state index contributed by atoms with van der Waals surface area (Å²) in [6.07, 6.45) is 2.29. The third-order valence-electron chi connectivity index (χ3n) is 2.17. The molecule has 0 spiro atoms. The average molecular weight is 284 g/mol. The maximum Gasteiger partial charge on any atom is 0.328 e. The molecule has 0 atom stereocenters. The summed E-state index contributed by atoms with van der Waals surface area (Å²) in [7, 11) is 0. The zero-order valence-corrected chi connectivity index (χ0v) is 11.7. The molecular weight excluding hydrogens is 267 g/mol. The summed E-state index contributed by atoms with van der Waals surface area (Å²) in [6.45, 7) is 4.70. The Kier molecular flexibility index (Phi) is 6.42. The number of thioether (sulfide) groups is 1. The smallest absolute Gasteiger partial charge is 0.328 e. The van der Waals surface area contributed by atoms with Crippen LogP contribution in [0, 0.1) is 5.82 Å². The van der Waals surface area contributed by atoms with Crippen molar-refractivity contribution in [3.05, 3.63) is 35.7 Å². The fourth-order valence-electron chi connectivity index (χ4n) is 1.38. The second-order valence-corrected chi connectivity index (χ2v) is 5.81. The van der Waals surface area contributed by atoms with Crippen LogP contribution in [0.2, 0.25) is 0 Å². The lowest BCUT2D eigenvalue weighted by atomic mass is 10.2. The summed E-state index contributed by atoms with van der Waals surface area (Å²) in [5, 5.41) is 9.12. The molecule has 1 aromatic carbocycles. The summed E-state index contributed by atoms with van der Waals surface area (Å²) in [6, 6.07) is 4.06. The third kappa shape index (κ3) is 6.29. The van der Waals surface area contributed by atoms with Crippen LogP contribution in [0.3, 0.4) is 0 Å². The van der Waals surface area contributed by atoms with E-state index in [1.807, 2.05) is 0 Å². The van der Waals surface area contributed by atoms with Crippen LogP contribution >= 0.6 is 11.8 Å².